The van der Waals surface area contributed by atoms with Gasteiger partial charge in [-0.3, -0.25) is 9.69 Å². The number of rotatable bonds is 6. The summed E-state index contributed by atoms with van der Waals surface area (Å²) in [5.41, 5.74) is 0.720. The van der Waals surface area contributed by atoms with Gasteiger partial charge >= 0.3 is 5.97 Å². The average molecular weight is 368 g/mol. The molecule has 1 fully saturated rings. The van der Waals surface area contributed by atoms with Gasteiger partial charge in [-0.05, 0) is 36.6 Å². The Balaban J connectivity index is 1.59. The normalized spacial score (nSPS) is 21.0. The van der Waals surface area contributed by atoms with Gasteiger partial charge in [-0.15, -0.1) is 0 Å². The lowest BCUT2D eigenvalue weighted by atomic mass is 10.0. The van der Waals surface area contributed by atoms with Crippen LogP contribution in [0.15, 0.2) is 54.6 Å². The van der Waals surface area contributed by atoms with E-state index < -0.39 is 17.5 Å². The number of aliphatic hydroxyl groups is 1. The van der Waals surface area contributed by atoms with Crippen molar-refractivity contribution in [1.29, 1.82) is 0 Å². The number of hydrogen-bond donors (Lipinski definition) is 3. The summed E-state index contributed by atoms with van der Waals surface area (Å²) >= 11 is 0. The van der Waals surface area contributed by atoms with Crippen LogP contribution >= 0.6 is 0 Å². The van der Waals surface area contributed by atoms with Crippen LogP contribution < -0.4 is 5.32 Å². The third-order valence-corrected chi connectivity index (χ3v) is 5.00. The van der Waals surface area contributed by atoms with E-state index in [2.05, 4.69) is 10.2 Å². The summed E-state index contributed by atoms with van der Waals surface area (Å²) in [6, 6.07) is 16.0. The number of benzene rings is 2. The number of nitrogens with zero attached hydrogens (tertiary/aromatic N) is 1. The van der Waals surface area contributed by atoms with Crippen LogP contribution in [0.5, 0.6) is 0 Å². The predicted molar refractivity (Wildman–Crippen MR) is 101 cm³/mol. The second-order valence-electron chi connectivity index (χ2n) is 7.10. The zero-order valence-electron chi connectivity index (χ0n) is 15.3. The number of carbonyl (C=O) groups is 2. The summed E-state index contributed by atoms with van der Waals surface area (Å²) in [7, 11) is 0. The molecule has 0 saturated carbocycles. The van der Waals surface area contributed by atoms with E-state index in [0.717, 1.165) is 11.1 Å². The van der Waals surface area contributed by atoms with Gasteiger partial charge in [0.25, 0.3) is 5.91 Å². The number of carboxylic acid groups (broad SMARTS) is 1. The zero-order valence-corrected chi connectivity index (χ0v) is 15.3. The van der Waals surface area contributed by atoms with Gasteiger partial charge in [0.2, 0.25) is 0 Å². The van der Waals surface area contributed by atoms with Crippen molar-refractivity contribution in [1.82, 2.24) is 10.2 Å². The molecule has 0 spiro atoms. The van der Waals surface area contributed by atoms with Gasteiger partial charge in [0.05, 0.1) is 11.6 Å². The van der Waals surface area contributed by atoms with E-state index in [9.17, 15) is 14.7 Å². The molecule has 0 aliphatic carbocycles. The highest BCUT2D eigenvalue weighted by atomic mass is 16.4. The van der Waals surface area contributed by atoms with E-state index in [1.54, 1.807) is 12.1 Å². The van der Waals surface area contributed by atoms with Gasteiger partial charge in [0.1, 0.15) is 0 Å². The minimum Gasteiger partial charge on any atom is -0.478 e. The van der Waals surface area contributed by atoms with Crippen LogP contribution in [0.3, 0.4) is 0 Å². The maximum Gasteiger partial charge on any atom is 0.335 e. The number of carboxylic acids is 1. The Hall–Kier alpha value is -2.70. The molecule has 3 N–H and O–H groups in total. The van der Waals surface area contributed by atoms with Crippen LogP contribution in [-0.2, 0) is 11.3 Å². The van der Waals surface area contributed by atoms with Crippen molar-refractivity contribution in [3.63, 3.8) is 0 Å². The van der Waals surface area contributed by atoms with E-state index in [0.29, 0.717) is 26.1 Å². The molecule has 2 aromatic carbocycles. The summed E-state index contributed by atoms with van der Waals surface area (Å²) in [5.74, 6) is -1.38. The van der Waals surface area contributed by atoms with Crippen molar-refractivity contribution in [2.75, 3.05) is 13.1 Å². The average Bonchev–Trinajstić information content (AvgIpc) is 3.04. The fourth-order valence-corrected chi connectivity index (χ4v) is 3.36. The summed E-state index contributed by atoms with van der Waals surface area (Å²) in [6.45, 7) is 3.45. The molecule has 1 unspecified atom stereocenters. The van der Waals surface area contributed by atoms with Gasteiger partial charge in [-0.1, -0.05) is 42.5 Å². The van der Waals surface area contributed by atoms with Crippen molar-refractivity contribution < 1.29 is 19.8 Å². The van der Waals surface area contributed by atoms with Crippen LogP contribution in [0.4, 0.5) is 0 Å². The lowest BCUT2D eigenvalue weighted by Gasteiger charge is -2.25. The highest BCUT2D eigenvalue weighted by Gasteiger charge is 2.43. The molecule has 1 heterocycles. The van der Waals surface area contributed by atoms with Gasteiger partial charge in [0, 0.05) is 19.6 Å². The fourth-order valence-electron chi connectivity index (χ4n) is 3.36. The smallest absolute Gasteiger partial charge is 0.335 e. The molecule has 27 heavy (non-hydrogen) atoms. The molecule has 1 saturated heterocycles. The van der Waals surface area contributed by atoms with Crippen molar-refractivity contribution in [2.45, 2.75) is 31.5 Å². The molecule has 0 aromatic heterocycles. The number of hydrogen-bond acceptors (Lipinski definition) is 4. The summed E-state index contributed by atoms with van der Waals surface area (Å²) in [6.07, 6.45) is 0.385. The third-order valence-electron chi connectivity index (χ3n) is 5.00. The number of β-amino-alcohol motifs (C(OH)–C–C–N with tert-alkyl or cyclic N) is 1. The first-order valence-electron chi connectivity index (χ1n) is 9.00. The van der Waals surface area contributed by atoms with Crippen molar-refractivity contribution >= 4 is 11.9 Å². The van der Waals surface area contributed by atoms with Gasteiger partial charge in [-0.2, -0.15) is 0 Å². The number of amides is 1. The molecular weight excluding hydrogens is 344 g/mol. The molecule has 1 aliphatic heterocycles. The van der Waals surface area contributed by atoms with Crippen LogP contribution in [0.25, 0.3) is 0 Å². The third kappa shape index (κ3) is 4.53. The predicted octanol–water partition coefficient (Wildman–Crippen LogP) is 2.20. The monoisotopic (exact) mass is 368 g/mol. The SMILES string of the molecule is C[C@@H](NC(=O)C1(O)CCN(Cc2ccccc2)C1)c1ccc(C(=O)O)cc1. The van der Waals surface area contributed by atoms with Gasteiger partial charge < -0.3 is 15.5 Å². The van der Waals surface area contributed by atoms with Gasteiger partial charge in [0.15, 0.2) is 5.60 Å². The first kappa shape index (κ1) is 19.1. The van der Waals surface area contributed by atoms with Crippen LogP contribution in [0.2, 0.25) is 0 Å². The maximum absolute atomic E-state index is 12.6. The quantitative estimate of drug-likeness (QED) is 0.727. The minimum absolute atomic E-state index is 0.197. The molecule has 6 heteroatoms. The molecule has 6 nitrogen and oxygen atoms in total. The zero-order chi connectivity index (χ0) is 19.4. The van der Waals surface area contributed by atoms with E-state index in [4.69, 9.17) is 5.11 Å². The first-order chi connectivity index (χ1) is 12.9. The number of likely N-dealkylation sites (tertiary alicyclic amines) is 1. The van der Waals surface area contributed by atoms with Crippen LogP contribution in [-0.4, -0.2) is 45.7 Å². The van der Waals surface area contributed by atoms with E-state index in [1.807, 2.05) is 37.3 Å². The summed E-state index contributed by atoms with van der Waals surface area (Å²) in [4.78, 5) is 25.6. The molecule has 1 amide bonds. The summed E-state index contributed by atoms with van der Waals surface area (Å²) in [5, 5.41) is 22.6. The van der Waals surface area contributed by atoms with E-state index >= 15 is 0 Å². The number of nitrogens with one attached hydrogen (secondary N) is 1. The first-order valence-corrected chi connectivity index (χ1v) is 9.00. The summed E-state index contributed by atoms with van der Waals surface area (Å²) < 4.78 is 0. The highest BCUT2D eigenvalue weighted by Crippen LogP contribution is 2.24. The lowest BCUT2D eigenvalue weighted by molar-refractivity contribution is -0.139. The standard InChI is InChI=1S/C21H24N2O4/c1-15(17-7-9-18(10-8-17)19(24)25)22-20(26)21(27)11-12-23(14-21)13-16-5-3-2-4-6-16/h2-10,15,27H,11-14H2,1H3,(H,22,26)(H,24,25)/t15-,21?/m1/s1. The molecule has 142 valence electrons. The molecule has 1 aliphatic rings. The van der Waals surface area contributed by atoms with Crippen molar-refractivity contribution in [3.8, 4) is 0 Å². The van der Waals surface area contributed by atoms with E-state index in [-0.39, 0.29) is 11.6 Å². The Morgan fingerprint density at radius 3 is 2.44 bits per heavy atom. The molecule has 3 rings (SSSR count). The minimum atomic E-state index is -1.41. The Morgan fingerprint density at radius 1 is 1.15 bits per heavy atom. The fraction of sp³-hybridized carbons (Fsp3) is 0.333. The van der Waals surface area contributed by atoms with E-state index in [1.165, 1.54) is 12.1 Å². The maximum atomic E-state index is 12.6. The number of aromatic carboxylic acids is 1. The molecule has 2 aromatic rings. The molecular formula is C21H24N2O4. The number of carbonyl (C=O) groups excluding carboxylic acids is 1. The lowest BCUT2D eigenvalue weighted by Crippen LogP contribution is -2.49. The molecule has 2 atom stereocenters. The Labute approximate surface area is 158 Å². The van der Waals surface area contributed by atoms with Crippen LogP contribution in [0.1, 0.15) is 40.9 Å². The topological polar surface area (TPSA) is 89.9 Å². The Morgan fingerprint density at radius 2 is 1.81 bits per heavy atom. The largest absolute Gasteiger partial charge is 0.478 e. The Kier molecular flexibility index (Phi) is 5.58. The van der Waals surface area contributed by atoms with Crippen LogP contribution in [0, 0.1) is 0 Å². The second-order valence-corrected chi connectivity index (χ2v) is 7.10. The molecule has 0 bridgehead atoms. The van der Waals surface area contributed by atoms with Crippen molar-refractivity contribution in [2.24, 2.45) is 0 Å². The highest BCUT2D eigenvalue weighted by molar-refractivity contribution is 5.88. The van der Waals surface area contributed by atoms with Crippen molar-refractivity contribution in [3.05, 3.63) is 71.3 Å². The molecule has 0 radical (unpaired) electrons. The second kappa shape index (κ2) is 7.90. The Bertz CT molecular complexity index is 807. The van der Waals surface area contributed by atoms with Gasteiger partial charge in [-0.25, -0.2) is 4.79 Å².